The molecule has 3 rings (SSSR count). The average Bonchev–Trinajstić information content (AvgIpc) is 3.13. The summed E-state index contributed by atoms with van der Waals surface area (Å²) in [5, 5.41) is 19.1. The summed E-state index contributed by atoms with van der Waals surface area (Å²) in [4.78, 5) is 103. The Morgan fingerprint density at radius 2 is 0.804 bits per heavy atom. The fourth-order valence-electron chi connectivity index (χ4n) is 6.59. The zero-order valence-electron chi connectivity index (χ0n) is 33.6. The molecule has 310 valence electrons. The molecule has 0 spiro atoms. The van der Waals surface area contributed by atoms with Crippen LogP contribution in [0.25, 0.3) is 0 Å². The van der Waals surface area contributed by atoms with Gasteiger partial charge in [0.15, 0.2) is 0 Å². The lowest BCUT2D eigenvalue weighted by molar-refractivity contribution is -0.145. The van der Waals surface area contributed by atoms with Crippen LogP contribution >= 0.6 is 0 Å². The summed E-state index contributed by atoms with van der Waals surface area (Å²) < 4.78 is 9.90. The number of rotatable bonds is 14. The highest BCUT2D eigenvalue weighted by Crippen LogP contribution is 2.23. The van der Waals surface area contributed by atoms with Gasteiger partial charge in [-0.05, 0) is 87.0 Å². The van der Waals surface area contributed by atoms with Gasteiger partial charge in [0, 0.05) is 18.1 Å². The number of carbonyl (C=O) groups is 8. The van der Waals surface area contributed by atoms with Crippen molar-refractivity contribution in [2.75, 3.05) is 7.11 Å². The smallest absolute Gasteiger partial charge is 0.408 e. The van der Waals surface area contributed by atoms with Gasteiger partial charge >= 0.3 is 12.1 Å². The third-order valence-corrected chi connectivity index (χ3v) is 9.83. The Morgan fingerprint density at radius 1 is 0.500 bits per heavy atom. The van der Waals surface area contributed by atoms with Crippen molar-refractivity contribution in [3.63, 3.8) is 0 Å². The van der Waals surface area contributed by atoms with Crippen molar-refractivity contribution in [2.24, 2.45) is 17.8 Å². The van der Waals surface area contributed by atoms with Gasteiger partial charge in [-0.25, -0.2) is 9.59 Å². The first-order valence-corrected chi connectivity index (χ1v) is 19.2. The summed E-state index contributed by atoms with van der Waals surface area (Å²) in [5.74, 6) is -5.44. The molecule has 0 heterocycles. The number of carbonyl (C=O) groups excluding carboxylic acids is 8. The van der Waals surface area contributed by atoms with Gasteiger partial charge in [0.05, 0.1) is 24.9 Å². The summed E-state index contributed by atoms with van der Waals surface area (Å²) in [5.41, 5.74) is -0.742. The zero-order valence-corrected chi connectivity index (χ0v) is 33.6. The predicted molar refractivity (Wildman–Crippen MR) is 205 cm³/mol. The topological polar surface area (TPSA) is 239 Å². The second-order valence-electron chi connectivity index (χ2n) is 15.6. The molecule has 0 fully saturated rings. The molecule has 0 saturated heterocycles. The maximum absolute atomic E-state index is 13.5. The summed E-state index contributed by atoms with van der Waals surface area (Å²) in [7, 11) is 1.23. The number of nitrogens with one attached hydrogen (secondary N) is 7. The van der Waals surface area contributed by atoms with Crippen LogP contribution in [0, 0.1) is 17.8 Å². The van der Waals surface area contributed by atoms with E-state index in [0.29, 0.717) is 38.5 Å². The average molecular weight is 786 g/mol. The minimum atomic E-state index is -0.984. The van der Waals surface area contributed by atoms with E-state index in [-0.39, 0.29) is 0 Å². The molecule has 3 aliphatic rings. The Balaban J connectivity index is 1.54. The molecule has 10 atom stereocenters. The maximum Gasteiger partial charge on any atom is 0.408 e. The monoisotopic (exact) mass is 785 g/mol. The largest absolute Gasteiger partial charge is 0.467 e. The van der Waals surface area contributed by atoms with Crippen molar-refractivity contribution < 1.29 is 47.8 Å². The Hall–Kier alpha value is -5.22. The molecule has 17 nitrogen and oxygen atoms in total. The number of hydrogen-bond donors (Lipinski definition) is 7. The first-order chi connectivity index (χ1) is 26.3. The number of alkyl carbamates (subject to hydrolysis) is 1. The van der Waals surface area contributed by atoms with E-state index < -0.39 is 113 Å². The van der Waals surface area contributed by atoms with Gasteiger partial charge in [0.1, 0.15) is 29.8 Å². The number of amides is 7. The molecule has 0 radical (unpaired) electrons. The van der Waals surface area contributed by atoms with Gasteiger partial charge in [-0.1, -0.05) is 36.5 Å². The molecule has 0 unspecified atom stereocenters. The van der Waals surface area contributed by atoms with Crippen molar-refractivity contribution in [2.45, 2.75) is 135 Å². The van der Waals surface area contributed by atoms with Gasteiger partial charge in [0.2, 0.25) is 35.4 Å². The van der Waals surface area contributed by atoms with Crippen LogP contribution in [0.2, 0.25) is 0 Å². The second-order valence-corrected chi connectivity index (χ2v) is 15.6. The standard InChI is InChI=1S/C39H59N7O10/c1-21(41-35(51)26-16-10-13-19-29(26)46-33(49)23(3)43-38(54)56-39(5,6)7)31(47)44-28-18-12-9-15-25(28)34(50)40-22(2)32(48)45-30-20-14-11-17-27(30)36(52)42-24(4)37(53)55-8/h9-14,21-30H,15-20H2,1-8H3,(H,40,50)(H,41,51)(H,42,52)(H,43,54)(H,44,47)(H,45,48)(H,46,49)/t21-,22-,23-,24-,25-,26-,27-,28+,29+,30+/m0/s1. The Labute approximate surface area is 328 Å². The third kappa shape index (κ3) is 13.5. The van der Waals surface area contributed by atoms with E-state index in [4.69, 9.17) is 4.74 Å². The van der Waals surface area contributed by atoms with Crippen LogP contribution < -0.4 is 37.2 Å². The minimum absolute atomic E-state index is 0.302. The van der Waals surface area contributed by atoms with E-state index in [1.807, 2.05) is 36.5 Å². The first-order valence-electron chi connectivity index (χ1n) is 19.2. The second kappa shape index (κ2) is 20.6. The van der Waals surface area contributed by atoms with Crippen LogP contribution in [-0.4, -0.2) is 103 Å². The lowest BCUT2D eigenvalue weighted by Crippen LogP contribution is -2.57. The highest BCUT2D eigenvalue weighted by Gasteiger charge is 2.37. The minimum Gasteiger partial charge on any atom is -0.467 e. The van der Waals surface area contributed by atoms with E-state index in [1.165, 1.54) is 34.8 Å². The molecule has 17 heteroatoms. The van der Waals surface area contributed by atoms with Crippen LogP contribution in [0.15, 0.2) is 36.5 Å². The SMILES string of the molecule is COC(=O)[C@H](C)NC(=O)[C@H]1CC=CC[C@H]1NC(=O)[C@H](C)NC(=O)[C@H]1CC=CC[C@H]1NC(=O)[C@H](C)NC(=O)[C@H]1CC=CC[C@H]1NC(=O)[C@H](C)NC(=O)OC(C)(C)C. The molecule has 0 aromatic rings. The molecule has 0 aliphatic heterocycles. The van der Waals surface area contributed by atoms with Crippen LogP contribution in [0.5, 0.6) is 0 Å². The van der Waals surface area contributed by atoms with Gasteiger partial charge in [-0.2, -0.15) is 0 Å². The van der Waals surface area contributed by atoms with E-state index in [1.54, 1.807) is 20.8 Å². The summed E-state index contributed by atoms with van der Waals surface area (Å²) >= 11 is 0. The van der Waals surface area contributed by atoms with Gasteiger partial charge < -0.3 is 46.7 Å². The van der Waals surface area contributed by atoms with Crippen LogP contribution in [0.3, 0.4) is 0 Å². The first kappa shape index (κ1) is 45.2. The lowest BCUT2D eigenvalue weighted by Gasteiger charge is -2.32. The molecule has 3 aliphatic carbocycles. The van der Waals surface area contributed by atoms with E-state index in [2.05, 4.69) is 42.0 Å². The Kier molecular flexibility index (Phi) is 16.6. The highest BCUT2D eigenvalue weighted by molar-refractivity contribution is 5.92. The Morgan fingerprint density at radius 3 is 1.12 bits per heavy atom. The molecule has 56 heavy (non-hydrogen) atoms. The molecule has 0 bridgehead atoms. The zero-order chi connectivity index (χ0) is 41.7. The van der Waals surface area contributed by atoms with Gasteiger partial charge in [0.25, 0.3) is 0 Å². The van der Waals surface area contributed by atoms with Gasteiger partial charge in [-0.3, -0.25) is 28.8 Å². The maximum atomic E-state index is 13.5. The highest BCUT2D eigenvalue weighted by atomic mass is 16.6. The summed E-state index contributed by atoms with van der Waals surface area (Å²) in [6, 6.07) is -5.53. The number of allylic oxidation sites excluding steroid dienone is 3. The van der Waals surface area contributed by atoms with Crippen LogP contribution in [0.1, 0.15) is 87.0 Å². The molecule has 0 saturated carbocycles. The predicted octanol–water partition coefficient (Wildman–Crippen LogP) is 0.940. The number of hydrogen-bond acceptors (Lipinski definition) is 10. The van der Waals surface area contributed by atoms with Gasteiger partial charge in [-0.15, -0.1) is 0 Å². The van der Waals surface area contributed by atoms with E-state index in [0.717, 1.165) is 0 Å². The van der Waals surface area contributed by atoms with Crippen molar-refractivity contribution in [1.29, 1.82) is 0 Å². The Bertz CT molecular complexity index is 1570. The number of ether oxygens (including phenoxy) is 2. The van der Waals surface area contributed by atoms with Crippen molar-refractivity contribution in [3.8, 4) is 0 Å². The van der Waals surface area contributed by atoms with Crippen LogP contribution in [-0.2, 0) is 43.0 Å². The molecule has 0 aromatic carbocycles. The third-order valence-electron chi connectivity index (χ3n) is 9.83. The van der Waals surface area contributed by atoms with Crippen LogP contribution in [0.4, 0.5) is 4.79 Å². The molecule has 0 aromatic heterocycles. The molecule has 7 amide bonds. The quantitative estimate of drug-likeness (QED) is 0.0972. The molecule has 7 N–H and O–H groups in total. The van der Waals surface area contributed by atoms with E-state index in [9.17, 15) is 38.4 Å². The fourth-order valence-corrected chi connectivity index (χ4v) is 6.59. The van der Waals surface area contributed by atoms with Crippen molar-refractivity contribution >= 4 is 47.5 Å². The summed E-state index contributed by atoms with van der Waals surface area (Å²) in [6.07, 6.45) is 12.4. The van der Waals surface area contributed by atoms with E-state index >= 15 is 0 Å². The fraction of sp³-hybridized carbons (Fsp3) is 0.641. The number of methoxy groups -OCH3 is 1. The summed E-state index contributed by atoms with van der Waals surface area (Å²) in [6.45, 7) is 11.2. The van der Waals surface area contributed by atoms with Crippen molar-refractivity contribution in [3.05, 3.63) is 36.5 Å². The molecular weight excluding hydrogens is 726 g/mol. The molecular formula is C39H59N7O10. The van der Waals surface area contributed by atoms with Crippen molar-refractivity contribution in [1.82, 2.24) is 37.2 Å². The normalized spacial score (nSPS) is 25.1. The number of esters is 1. The lowest BCUT2D eigenvalue weighted by atomic mass is 9.87.